The molecule has 0 aliphatic carbocycles. The number of rotatable bonds is 6. The summed E-state index contributed by atoms with van der Waals surface area (Å²) in [6.07, 6.45) is 1.62. The summed E-state index contributed by atoms with van der Waals surface area (Å²) in [5.41, 5.74) is 0.983. The van der Waals surface area contributed by atoms with Crippen molar-refractivity contribution in [3.05, 3.63) is 42.2 Å². The Labute approximate surface area is 131 Å². The van der Waals surface area contributed by atoms with Crippen LogP contribution in [0.5, 0.6) is 11.5 Å². The Balaban J connectivity index is 1.73. The number of nitrogens with zero attached hydrogens (tertiary/aromatic N) is 2. The van der Waals surface area contributed by atoms with Crippen LogP contribution in [0.4, 0.5) is 5.13 Å². The number of furan rings is 1. The second kappa shape index (κ2) is 6.48. The largest absolute Gasteiger partial charge is 0.493 e. The quantitative estimate of drug-likeness (QED) is 0.751. The summed E-state index contributed by atoms with van der Waals surface area (Å²) in [5.74, 6) is 2.13. The third-order valence-electron chi connectivity index (χ3n) is 3.07. The lowest BCUT2D eigenvalue weighted by Gasteiger charge is -2.12. The van der Waals surface area contributed by atoms with Gasteiger partial charge in [0, 0.05) is 12.1 Å². The molecule has 114 valence electrons. The monoisotopic (exact) mass is 317 g/mol. The first-order valence-corrected chi connectivity index (χ1v) is 7.44. The average molecular weight is 317 g/mol. The average Bonchev–Trinajstić information content (AvgIpc) is 3.23. The Morgan fingerprint density at radius 2 is 2.05 bits per heavy atom. The molecule has 0 unspecified atom stereocenters. The number of benzene rings is 1. The lowest BCUT2D eigenvalue weighted by atomic mass is 10.2. The maximum atomic E-state index is 5.41. The van der Waals surface area contributed by atoms with Gasteiger partial charge in [-0.05, 0) is 18.2 Å². The van der Waals surface area contributed by atoms with E-state index in [1.54, 1.807) is 20.5 Å². The first-order valence-electron chi connectivity index (χ1n) is 6.63. The molecular weight excluding hydrogens is 302 g/mol. The van der Waals surface area contributed by atoms with Crippen LogP contribution in [-0.4, -0.2) is 24.4 Å². The maximum Gasteiger partial charge on any atom is 0.206 e. The molecule has 0 amide bonds. The standard InChI is InChI=1S/C15H15N3O3S/c1-19-11-6-3-5-10(13(11)20-2)9-16-15-18-17-14(22-15)12-7-4-8-21-12/h3-8H,9H2,1-2H3,(H,16,18). The van der Waals surface area contributed by atoms with Gasteiger partial charge in [-0.15, -0.1) is 10.2 Å². The summed E-state index contributed by atoms with van der Waals surface area (Å²) in [6.45, 7) is 0.563. The summed E-state index contributed by atoms with van der Waals surface area (Å²) >= 11 is 1.43. The van der Waals surface area contributed by atoms with Crippen molar-refractivity contribution < 1.29 is 13.9 Å². The number of aromatic nitrogens is 2. The van der Waals surface area contributed by atoms with Crippen LogP contribution in [0.15, 0.2) is 41.0 Å². The van der Waals surface area contributed by atoms with Crippen LogP contribution in [0.2, 0.25) is 0 Å². The van der Waals surface area contributed by atoms with Crippen LogP contribution in [0.1, 0.15) is 5.56 Å². The third-order valence-corrected chi connectivity index (χ3v) is 3.97. The Kier molecular flexibility index (Phi) is 4.24. The molecule has 2 aromatic heterocycles. The zero-order valence-electron chi connectivity index (χ0n) is 12.2. The van der Waals surface area contributed by atoms with Crippen molar-refractivity contribution in [1.29, 1.82) is 0 Å². The molecule has 6 nitrogen and oxygen atoms in total. The number of nitrogens with one attached hydrogen (secondary N) is 1. The minimum atomic E-state index is 0.563. The highest BCUT2D eigenvalue weighted by atomic mass is 32.1. The molecule has 7 heteroatoms. The fraction of sp³-hybridized carbons (Fsp3) is 0.200. The molecule has 0 fully saturated rings. The molecule has 1 N–H and O–H groups in total. The van der Waals surface area contributed by atoms with Crippen LogP contribution in [0.25, 0.3) is 10.8 Å². The summed E-state index contributed by atoms with van der Waals surface area (Å²) in [5, 5.41) is 12.9. The van der Waals surface area contributed by atoms with E-state index in [1.807, 2.05) is 30.3 Å². The molecule has 0 bridgehead atoms. The molecule has 1 aromatic carbocycles. The lowest BCUT2D eigenvalue weighted by Crippen LogP contribution is -2.02. The third kappa shape index (κ3) is 2.89. The first-order chi connectivity index (χ1) is 10.8. The zero-order valence-corrected chi connectivity index (χ0v) is 13.0. The van der Waals surface area contributed by atoms with Crippen LogP contribution >= 0.6 is 11.3 Å². The van der Waals surface area contributed by atoms with Gasteiger partial charge in [0.05, 0.1) is 20.5 Å². The summed E-state index contributed by atoms with van der Waals surface area (Å²) in [7, 11) is 3.25. The fourth-order valence-corrected chi connectivity index (χ4v) is 2.77. The summed E-state index contributed by atoms with van der Waals surface area (Å²) < 4.78 is 16.0. The van der Waals surface area contributed by atoms with E-state index in [0.717, 1.165) is 15.7 Å². The molecule has 3 rings (SSSR count). The van der Waals surface area contributed by atoms with Crippen molar-refractivity contribution in [2.24, 2.45) is 0 Å². The van der Waals surface area contributed by atoms with Gasteiger partial charge < -0.3 is 19.2 Å². The number of anilines is 1. The van der Waals surface area contributed by atoms with Crippen LogP contribution in [-0.2, 0) is 6.54 Å². The number of ether oxygens (including phenoxy) is 2. The van der Waals surface area contributed by atoms with Crippen LogP contribution in [0.3, 0.4) is 0 Å². The van der Waals surface area contributed by atoms with Crippen molar-refractivity contribution >= 4 is 16.5 Å². The summed E-state index contributed by atoms with van der Waals surface area (Å²) in [6, 6.07) is 9.44. The SMILES string of the molecule is COc1cccc(CNc2nnc(-c3ccco3)s2)c1OC. The van der Waals surface area contributed by atoms with Crippen LogP contribution in [0, 0.1) is 0 Å². The predicted octanol–water partition coefficient (Wildman–Crippen LogP) is 3.43. The molecule has 0 saturated heterocycles. The minimum Gasteiger partial charge on any atom is -0.493 e. The predicted molar refractivity (Wildman–Crippen MR) is 84.5 cm³/mol. The Morgan fingerprint density at radius 3 is 2.77 bits per heavy atom. The van der Waals surface area contributed by atoms with Gasteiger partial charge in [-0.25, -0.2) is 0 Å². The van der Waals surface area contributed by atoms with E-state index in [1.165, 1.54) is 11.3 Å². The van der Waals surface area contributed by atoms with E-state index in [4.69, 9.17) is 13.9 Å². The molecule has 2 heterocycles. The highest BCUT2D eigenvalue weighted by Gasteiger charge is 2.12. The van der Waals surface area contributed by atoms with Crippen molar-refractivity contribution in [2.75, 3.05) is 19.5 Å². The highest BCUT2D eigenvalue weighted by Crippen LogP contribution is 2.32. The van der Waals surface area contributed by atoms with Gasteiger partial charge in [-0.1, -0.05) is 23.5 Å². The second-order valence-electron chi connectivity index (χ2n) is 4.40. The Hall–Kier alpha value is -2.54. The van der Waals surface area contributed by atoms with Gasteiger partial charge in [0.15, 0.2) is 22.3 Å². The summed E-state index contributed by atoms with van der Waals surface area (Å²) in [4.78, 5) is 0. The van der Waals surface area contributed by atoms with E-state index >= 15 is 0 Å². The van der Waals surface area contributed by atoms with Gasteiger partial charge in [-0.2, -0.15) is 0 Å². The Morgan fingerprint density at radius 1 is 1.14 bits per heavy atom. The number of hydrogen-bond acceptors (Lipinski definition) is 7. The molecule has 0 aliphatic heterocycles. The van der Waals surface area contributed by atoms with E-state index in [2.05, 4.69) is 15.5 Å². The lowest BCUT2D eigenvalue weighted by molar-refractivity contribution is 0.352. The Bertz CT molecular complexity index is 740. The molecule has 0 atom stereocenters. The zero-order chi connectivity index (χ0) is 15.4. The molecule has 0 spiro atoms. The first kappa shape index (κ1) is 14.4. The van der Waals surface area contributed by atoms with E-state index in [0.29, 0.717) is 23.8 Å². The van der Waals surface area contributed by atoms with E-state index in [9.17, 15) is 0 Å². The minimum absolute atomic E-state index is 0.563. The van der Waals surface area contributed by atoms with Gasteiger partial charge in [0.25, 0.3) is 0 Å². The smallest absolute Gasteiger partial charge is 0.206 e. The van der Waals surface area contributed by atoms with Crippen molar-refractivity contribution in [2.45, 2.75) is 6.54 Å². The normalized spacial score (nSPS) is 10.5. The molecule has 0 saturated carbocycles. The number of methoxy groups -OCH3 is 2. The van der Waals surface area contributed by atoms with E-state index in [-0.39, 0.29) is 0 Å². The topological polar surface area (TPSA) is 69.4 Å². The van der Waals surface area contributed by atoms with Gasteiger partial charge in [0.1, 0.15) is 0 Å². The number of hydrogen-bond donors (Lipinski definition) is 1. The highest BCUT2D eigenvalue weighted by molar-refractivity contribution is 7.18. The molecule has 3 aromatic rings. The molecule has 0 aliphatic rings. The maximum absolute atomic E-state index is 5.41. The second-order valence-corrected chi connectivity index (χ2v) is 5.37. The fourth-order valence-electron chi connectivity index (χ4n) is 2.06. The number of para-hydroxylation sites is 1. The van der Waals surface area contributed by atoms with Gasteiger partial charge in [-0.3, -0.25) is 0 Å². The molecule has 0 radical (unpaired) electrons. The van der Waals surface area contributed by atoms with Crippen molar-refractivity contribution in [3.63, 3.8) is 0 Å². The molecular formula is C15H15N3O3S. The van der Waals surface area contributed by atoms with Gasteiger partial charge >= 0.3 is 0 Å². The van der Waals surface area contributed by atoms with Crippen molar-refractivity contribution in [1.82, 2.24) is 10.2 Å². The van der Waals surface area contributed by atoms with Gasteiger partial charge in [0.2, 0.25) is 5.13 Å². The molecule has 22 heavy (non-hydrogen) atoms. The van der Waals surface area contributed by atoms with E-state index < -0.39 is 0 Å². The van der Waals surface area contributed by atoms with Crippen molar-refractivity contribution in [3.8, 4) is 22.3 Å². The van der Waals surface area contributed by atoms with Crippen LogP contribution < -0.4 is 14.8 Å².